The summed E-state index contributed by atoms with van der Waals surface area (Å²) in [7, 11) is 1.88. The van der Waals surface area contributed by atoms with Gasteiger partial charge in [-0.25, -0.2) is 4.79 Å². The number of nitrogens with one attached hydrogen (secondary N) is 1. The normalized spacial score (nSPS) is 17.4. The monoisotopic (exact) mass is 1150 g/mol. The number of hydrogen-bond donors (Lipinski definition) is 1. The van der Waals surface area contributed by atoms with Gasteiger partial charge in [-0.1, -0.05) is 71.4 Å². The van der Waals surface area contributed by atoms with Gasteiger partial charge in [0.1, 0.15) is 46.9 Å². The van der Waals surface area contributed by atoms with Crippen LogP contribution in [0, 0.1) is 12.8 Å². The van der Waals surface area contributed by atoms with Crippen LogP contribution in [-0.2, 0) is 52.2 Å². The van der Waals surface area contributed by atoms with Crippen LogP contribution in [0.4, 0.5) is 0 Å². The first-order valence-corrected chi connectivity index (χ1v) is 27.9. The third-order valence-electron chi connectivity index (χ3n) is 15.2. The average Bonchev–Trinajstić information content (AvgIpc) is 4.13. The molecule has 3 aliphatic heterocycles. The maximum Gasteiger partial charge on any atom is 0.355 e. The Hall–Kier alpha value is -7.90. The van der Waals surface area contributed by atoms with Gasteiger partial charge in [0.2, 0.25) is 11.8 Å². The third kappa shape index (κ3) is 11.3. The number of nitrogens with zero attached hydrogens (tertiary/aromatic N) is 6. The fraction of sp³-hybridized carbons (Fsp3) is 0.377. The minimum atomic E-state index is -1.14. The van der Waals surface area contributed by atoms with Crippen LogP contribution in [0.5, 0.6) is 17.2 Å². The van der Waals surface area contributed by atoms with Crippen molar-refractivity contribution in [2.45, 2.75) is 91.5 Å². The van der Waals surface area contributed by atoms with Crippen molar-refractivity contribution in [3.8, 4) is 28.4 Å². The first-order chi connectivity index (χ1) is 38.4. The number of halogens is 1. The number of aldehydes is 1. The fourth-order valence-electron chi connectivity index (χ4n) is 11.2. The molecule has 5 heterocycles. The van der Waals surface area contributed by atoms with Gasteiger partial charge in [0.25, 0.3) is 17.7 Å². The molecule has 2 fully saturated rings. The number of benzene rings is 4. The van der Waals surface area contributed by atoms with E-state index in [1.165, 1.54) is 17.7 Å². The maximum absolute atomic E-state index is 14.9. The molecule has 2 aromatic heterocycles. The number of piperazine rings is 1. The molecule has 416 valence electrons. The summed E-state index contributed by atoms with van der Waals surface area (Å²) >= 11 is 3.43. The number of piperidine rings is 1. The Bertz CT molecular complexity index is 3510. The van der Waals surface area contributed by atoms with Crippen molar-refractivity contribution in [3.05, 3.63) is 134 Å². The number of para-hydroxylation sites is 1. The van der Waals surface area contributed by atoms with Gasteiger partial charge in [0.15, 0.2) is 12.9 Å². The highest BCUT2D eigenvalue weighted by molar-refractivity contribution is 9.10. The summed E-state index contributed by atoms with van der Waals surface area (Å²) in [6, 6.07) is 20.9. The SMILES string of the molecule is Cc1c(-c2cccc3c(CCCOc4cccc5c4C=CC(C)C5)c(C(=O)OC(C)(C)C)n(CCN4CCN(C(=O)COc5cccc6c5C(=O)N(C5CCC(=O)NC5=O)C6=O)CC4)c23)c(COc2ccc(Br)c(C=O)c2)nn1C. The summed E-state index contributed by atoms with van der Waals surface area (Å²) in [5.74, 6) is -1.50. The molecule has 10 rings (SSSR count). The predicted octanol–water partition coefficient (Wildman–Crippen LogP) is 8.30. The Morgan fingerprint density at radius 2 is 1.62 bits per heavy atom. The van der Waals surface area contributed by atoms with Gasteiger partial charge in [0.05, 0.1) is 23.3 Å². The maximum atomic E-state index is 14.9. The van der Waals surface area contributed by atoms with Crippen molar-refractivity contribution in [3.63, 3.8) is 0 Å². The van der Waals surface area contributed by atoms with E-state index >= 15 is 0 Å². The van der Waals surface area contributed by atoms with Gasteiger partial charge >= 0.3 is 5.97 Å². The topological polar surface area (TPSA) is 201 Å². The zero-order chi connectivity index (χ0) is 56.6. The number of fused-ring (bicyclic) bond motifs is 3. The molecule has 6 aromatic rings. The second-order valence-electron chi connectivity index (χ2n) is 21.8. The first kappa shape index (κ1) is 55.4. The van der Waals surface area contributed by atoms with Crippen molar-refractivity contribution in [1.29, 1.82) is 0 Å². The van der Waals surface area contributed by atoms with Crippen molar-refractivity contribution in [1.82, 2.24) is 34.4 Å². The molecule has 1 aliphatic carbocycles. The first-order valence-electron chi connectivity index (χ1n) is 27.1. The standard InChI is InChI=1S/C61H64BrN7O11/c1-36-18-20-41-38(31-36)11-7-16-49(41)77-30-10-15-43-42-12-8-13-44(53-37(2)65(6)64-47(53)34-78-40-19-21-46(62)39(32-40)33-70)55(42)68(56(43)60(76)80-61(3,4)5)29-26-66-24-27-67(28-25-66)52(72)35-79-50-17-9-14-45-54(50)59(75)69(58(45)74)48-22-23-51(71)63-57(48)73/h7-9,11-14,16-21,32-33,36,48H,10,15,22-31,34-35H2,1-6H3,(H,63,71,73). The molecule has 2 unspecified atom stereocenters. The summed E-state index contributed by atoms with van der Waals surface area (Å²) < 4.78 is 29.6. The Morgan fingerprint density at radius 3 is 2.39 bits per heavy atom. The van der Waals surface area contributed by atoms with E-state index < -0.39 is 47.8 Å². The number of allylic oxidation sites excluding steroid dienone is 1. The lowest BCUT2D eigenvalue weighted by molar-refractivity contribution is -0.136. The van der Waals surface area contributed by atoms with E-state index in [0.717, 1.165) is 62.2 Å². The number of esters is 1. The van der Waals surface area contributed by atoms with E-state index in [-0.39, 0.29) is 42.2 Å². The summed E-state index contributed by atoms with van der Waals surface area (Å²) in [5, 5.41) is 8.04. The van der Waals surface area contributed by atoms with E-state index in [4.69, 9.17) is 24.0 Å². The van der Waals surface area contributed by atoms with E-state index in [9.17, 15) is 33.6 Å². The van der Waals surface area contributed by atoms with Crippen LogP contribution in [0.25, 0.3) is 28.1 Å². The molecule has 18 nitrogen and oxygen atoms in total. The van der Waals surface area contributed by atoms with Gasteiger partial charge in [-0.3, -0.25) is 48.6 Å². The molecule has 19 heteroatoms. The molecule has 0 spiro atoms. The zero-order valence-corrected chi connectivity index (χ0v) is 47.4. The Kier molecular flexibility index (Phi) is 16.0. The summed E-state index contributed by atoms with van der Waals surface area (Å²) in [5.41, 5.74) is 7.42. The van der Waals surface area contributed by atoms with E-state index in [0.29, 0.717) is 91.8 Å². The minimum Gasteiger partial charge on any atom is -0.493 e. The molecule has 4 aliphatic rings. The molecule has 0 bridgehead atoms. The van der Waals surface area contributed by atoms with Crippen molar-refractivity contribution >= 4 is 74.7 Å². The lowest BCUT2D eigenvalue weighted by Crippen LogP contribution is -2.54. The lowest BCUT2D eigenvalue weighted by Gasteiger charge is -2.35. The van der Waals surface area contributed by atoms with Gasteiger partial charge in [-0.15, -0.1) is 0 Å². The highest BCUT2D eigenvalue weighted by Crippen LogP contribution is 2.40. The molecule has 0 radical (unpaired) electrons. The molecule has 80 heavy (non-hydrogen) atoms. The number of carbonyl (C=O) groups excluding carboxylic acids is 7. The van der Waals surface area contributed by atoms with Crippen molar-refractivity contribution < 1.29 is 52.5 Å². The van der Waals surface area contributed by atoms with Crippen LogP contribution >= 0.6 is 15.9 Å². The number of hydrogen-bond acceptors (Lipinski definition) is 13. The Balaban J connectivity index is 0.909. The van der Waals surface area contributed by atoms with E-state index in [2.05, 4.69) is 61.9 Å². The third-order valence-corrected chi connectivity index (χ3v) is 15.9. The van der Waals surface area contributed by atoms with Crippen LogP contribution in [0.2, 0.25) is 0 Å². The van der Waals surface area contributed by atoms with Gasteiger partial charge in [-0.2, -0.15) is 5.10 Å². The Morgan fingerprint density at radius 1 is 0.875 bits per heavy atom. The van der Waals surface area contributed by atoms with Gasteiger partial charge < -0.3 is 28.4 Å². The minimum absolute atomic E-state index is 0.0111. The second-order valence-corrected chi connectivity index (χ2v) is 22.6. The van der Waals surface area contributed by atoms with Crippen LogP contribution in [-0.4, -0.2) is 128 Å². The molecular weight excluding hydrogens is 1090 g/mol. The molecule has 1 N–H and O–H groups in total. The molecule has 2 atom stereocenters. The second kappa shape index (κ2) is 23.1. The number of aromatic nitrogens is 3. The number of ether oxygens (including phenoxy) is 4. The predicted molar refractivity (Wildman–Crippen MR) is 302 cm³/mol. The number of amides is 5. The quantitative estimate of drug-likeness (QED) is 0.0373. The fourth-order valence-corrected chi connectivity index (χ4v) is 11.5. The van der Waals surface area contributed by atoms with Crippen molar-refractivity contribution in [2.24, 2.45) is 13.0 Å². The Labute approximate surface area is 472 Å². The highest BCUT2D eigenvalue weighted by atomic mass is 79.9. The van der Waals surface area contributed by atoms with Gasteiger partial charge in [0, 0.05) is 90.5 Å². The van der Waals surface area contributed by atoms with Crippen LogP contribution < -0.4 is 19.5 Å². The average molecular weight is 1150 g/mol. The van der Waals surface area contributed by atoms with E-state index in [1.54, 1.807) is 29.2 Å². The summed E-state index contributed by atoms with van der Waals surface area (Å²) in [6.45, 7) is 12.6. The van der Waals surface area contributed by atoms with Crippen LogP contribution in [0.3, 0.4) is 0 Å². The lowest BCUT2D eigenvalue weighted by atomic mass is 9.90. The van der Waals surface area contributed by atoms with Gasteiger partial charge in [-0.05, 0) is 107 Å². The molecule has 5 amide bonds. The van der Waals surface area contributed by atoms with Crippen LogP contribution in [0.1, 0.15) is 117 Å². The smallest absolute Gasteiger partial charge is 0.355 e. The highest BCUT2D eigenvalue weighted by Gasteiger charge is 2.46. The van der Waals surface area contributed by atoms with E-state index in [1.807, 2.05) is 63.7 Å². The summed E-state index contributed by atoms with van der Waals surface area (Å²) in [4.78, 5) is 96.9. The molecule has 0 saturated carbocycles. The number of imide groups is 2. The largest absolute Gasteiger partial charge is 0.493 e. The number of rotatable bonds is 18. The van der Waals surface area contributed by atoms with Crippen molar-refractivity contribution in [2.75, 3.05) is 45.9 Å². The summed E-state index contributed by atoms with van der Waals surface area (Å²) in [6.07, 6.45) is 7.19. The van der Waals surface area contributed by atoms with Crippen LogP contribution in [0.15, 0.2) is 83.3 Å². The molecule has 2 saturated heterocycles. The zero-order valence-electron chi connectivity index (χ0n) is 45.8. The number of aryl methyl sites for hydroxylation is 2. The molecular formula is C61H64BrN7O11. The molecule has 4 aromatic carbocycles. The number of carbonyl (C=O) groups is 7.